The number of piperazine rings is 1. The number of carbonyl (C=O) groups excluding carboxylic acids is 1. The predicted octanol–water partition coefficient (Wildman–Crippen LogP) is 5.08. The van der Waals surface area contributed by atoms with Gasteiger partial charge in [-0.15, -0.1) is 10.2 Å². The topological polar surface area (TPSA) is 65.8 Å². The zero-order valence-electron chi connectivity index (χ0n) is 22.8. The highest BCUT2D eigenvalue weighted by Gasteiger charge is 2.22. The summed E-state index contributed by atoms with van der Waals surface area (Å²) in [6, 6.07) is 19.0. The fraction of sp³-hybridized carbons (Fsp3) is 0.323. The first-order valence-electron chi connectivity index (χ1n) is 13.1. The maximum absolute atomic E-state index is 13.3. The number of nitrogens with zero attached hydrogens (tertiary/aromatic N) is 5. The molecule has 0 aliphatic carbocycles. The van der Waals surface area contributed by atoms with E-state index >= 15 is 0 Å². The van der Waals surface area contributed by atoms with Crippen molar-refractivity contribution in [3.05, 3.63) is 93.9 Å². The van der Waals surface area contributed by atoms with Gasteiger partial charge < -0.3 is 10.2 Å². The number of benzene rings is 2. The Bertz CT molecular complexity index is 1570. The third-order valence-electron chi connectivity index (χ3n) is 6.99. The Labute approximate surface area is 234 Å². The highest BCUT2D eigenvalue weighted by molar-refractivity contribution is 6.29. The molecule has 1 saturated heterocycles. The van der Waals surface area contributed by atoms with Gasteiger partial charge in [0.2, 0.25) is 5.82 Å². The molecular weight excluding hydrogens is 508 g/mol. The lowest BCUT2D eigenvalue weighted by Crippen LogP contribution is -2.44. The summed E-state index contributed by atoms with van der Waals surface area (Å²) in [4.78, 5) is 18.1. The van der Waals surface area contributed by atoms with E-state index in [0.717, 1.165) is 38.3 Å². The van der Waals surface area contributed by atoms with E-state index in [1.165, 1.54) is 11.1 Å². The van der Waals surface area contributed by atoms with Gasteiger partial charge >= 0.3 is 0 Å². The van der Waals surface area contributed by atoms with Gasteiger partial charge in [0.1, 0.15) is 5.15 Å². The third kappa shape index (κ3) is 6.31. The minimum absolute atomic E-state index is 0.0809. The molecule has 1 aliphatic heterocycles. The maximum atomic E-state index is 13.3. The molecule has 1 N–H and O–H groups in total. The Balaban J connectivity index is 1.33. The molecule has 8 heteroatoms. The molecule has 3 heterocycles. The molecule has 0 atom stereocenters. The van der Waals surface area contributed by atoms with Crippen molar-refractivity contribution >= 4 is 28.8 Å². The Morgan fingerprint density at radius 2 is 1.74 bits per heavy atom. The molecule has 2 aromatic carbocycles. The van der Waals surface area contributed by atoms with Gasteiger partial charge in [-0.1, -0.05) is 56.5 Å². The van der Waals surface area contributed by atoms with Crippen LogP contribution in [0.5, 0.6) is 0 Å². The van der Waals surface area contributed by atoms with Crippen LogP contribution in [0, 0.1) is 11.8 Å². The number of amides is 1. The molecule has 1 amide bonds. The average molecular weight is 541 g/mol. The molecule has 2 aromatic heterocycles. The van der Waals surface area contributed by atoms with Crippen molar-refractivity contribution in [2.75, 3.05) is 38.5 Å². The zero-order valence-corrected chi connectivity index (χ0v) is 23.6. The molecular formula is C31H33ClN6O. The van der Waals surface area contributed by atoms with Gasteiger partial charge in [-0.2, -0.15) is 0 Å². The van der Waals surface area contributed by atoms with Crippen molar-refractivity contribution in [3.8, 4) is 11.8 Å². The van der Waals surface area contributed by atoms with Gasteiger partial charge in [-0.05, 0) is 72.0 Å². The summed E-state index contributed by atoms with van der Waals surface area (Å²) in [5.41, 5.74) is 5.10. The smallest absolute Gasteiger partial charge is 0.255 e. The number of likely N-dealkylation sites (N-methyl/N-ethyl adjacent to an activating group) is 1. The lowest BCUT2D eigenvalue weighted by Gasteiger charge is -2.34. The number of anilines is 1. The summed E-state index contributed by atoms with van der Waals surface area (Å²) < 4.78 is 1.69. The number of hydrogen-bond donors (Lipinski definition) is 1. The Kier molecular flexibility index (Phi) is 7.72. The van der Waals surface area contributed by atoms with Crippen molar-refractivity contribution in [2.24, 2.45) is 0 Å². The summed E-state index contributed by atoms with van der Waals surface area (Å²) >= 11 is 6.29. The minimum Gasteiger partial charge on any atom is -0.322 e. The van der Waals surface area contributed by atoms with Crippen molar-refractivity contribution in [1.29, 1.82) is 0 Å². The highest BCUT2D eigenvalue weighted by Crippen LogP contribution is 2.29. The molecule has 1 aliphatic rings. The number of aromatic nitrogens is 3. The van der Waals surface area contributed by atoms with Gasteiger partial charge in [0.05, 0.1) is 0 Å². The molecule has 0 radical (unpaired) electrons. The molecule has 0 unspecified atom stereocenters. The molecule has 0 spiro atoms. The third-order valence-corrected chi connectivity index (χ3v) is 7.28. The first kappa shape index (κ1) is 26.9. The summed E-state index contributed by atoms with van der Waals surface area (Å²) in [5, 5.41) is 11.8. The number of nitrogens with one attached hydrogen (secondary N) is 1. The summed E-state index contributed by atoms with van der Waals surface area (Å²) in [6.45, 7) is 11.8. The molecule has 39 heavy (non-hydrogen) atoms. The quantitative estimate of drug-likeness (QED) is 0.289. The second-order valence-corrected chi connectivity index (χ2v) is 11.4. The fourth-order valence-electron chi connectivity index (χ4n) is 4.79. The van der Waals surface area contributed by atoms with Crippen LogP contribution in [0.25, 0.3) is 5.65 Å². The van der Waals surface area contributed by atoms with E-state index in [2.05, 4.69) is 71.0 Å². The Morgan fingerprint density at radius 1 is 0.974 bits per heavy atom. The van der Waals surface area contributed by atoms with Crippen LogP contribution >= 0.6 is 11.6 Å². The summed E-state index contributed by atoms with van der Waals surface area (Å²) in [5.74, 6) is 6.45. The standard InChI is InChI=1S/C31H33ClN6O/c1-31(2,3)26-20-23(12-13-24(26)21-37-17-15-36(4)16-18-37)30(39)33-25-8-5-7-22(19-25)11-14-29-35-34-28-10-6-9-27(32)38(28)29/h5-10,12-13,19-20H,15-18,21H2,1-4H3,(H,33,39). The van der Waals surface area contributed by atoms with Crippen molar-refractivity contribution in [2.45, 2.75) is 32.7 Å². The van der Waals surface area contributed by atoms with Crippen LogP contribution in [0.1, 0.15) is 53.6 Å². The number of rotatable bonds is 4. The average Bonchev–Trinajstić information content (AvgIpc) is 3.33. The SMILES string of the molecule is CN1CCN(Cc2ccc(C(=O)Nc3cccc(C#Cc4nnc5cccc(Cl)n45)c3)cc2C(C)(C)C)CC1. The second-order valence-electron chi connectivity index (χ2n) is 11.1. The van der Waals surface area contributed by atoms with Crippen LogP contribution in [0.4, 0.5) is 5.69 Å². The summed E-state index contributed by atoms with van der Waals surface area (Å²) in [7, 11) is 2.17. The van der Waals surface area contributed by atoms with Crippen LogP contribution in [0.3, 0.4) is 0 Å². The van der Waals surface area contributed by atoms with E-state index in [1.807, 2.05) is 48.5 Å². The minimum atomic E-state index is -0.146. The van der Waals surface area contributed by atoms with E-state index in [0.29, 0.717) is 27.9 Å². The molecule has 0 bridgehead atoms. The van der Waals surface area contributed by atoms with Gasteiger partial charge in [-0.25, -0.2) is 0 Å². The summed E-state index contributed by atoms with van der Waals surface area (Å²) in [6.07, 6.45) is 0. The molecule has 1 fully saturated rings. The molecule has 4 aromatic rings. The number of hydrogen-bond acceptors (Lipinski definition) is 5. The van der Waals surface area contributed by atoms with Gasteiger partial charge in [0.15, 0.2) is 5.65 Å². The van der Waals surface area contributed by atoms with E-state index in [-0.39, 0.29) is 11.3 Å². The van der Waals surface area contributed by atoms with Crippen molar-refractivity contribution in [1.82, 2.24) is 24.4 Å². The molecule has 5 rings (SSSR count). The van der Waals surface area contributed by atoms with Crippen LogP contribution < -0.4 is 5.32 Å². The number of fused-ring (bicyclic) bond motifs is 1. The van der Waals surface area contributed by atoms with Crippen LogP contribution in [0.15, 0.2) is 60.7 Å². The normalized spacial score (nSPS) is 14.7. The van der Waals surface area contributed by atoms with Crippen LogP contribution in [-0.2, 0) is 12.0 Å². The number of pyridine rings is 1. The molecule has 0 saturated carbocycles. The molecule has 200 valence electrons. The van der Waals surface area contributed by atoms with E-state index in [9.17, 15) is 4.79 Å². The monoisotopic (exact) mass is 540 g/mol. The number of carbonyl (C=O) groups is 1. The van der Waals surface area contributed by atoms with Crippen LogP contribution in [-0.4, -0.2) is 63.5 Å². The zero-order chi connectivity index (χ0) is 27.6. The Hall–Kier alpha value is -3.70. The van der Waals surface area contributed by atoms with E-state index < -0.39 is 0 Å². The first-order chi connectivity index (χ1) is 18.7. The fourth-order valence-corrected chi connectivity index (χ4v) is 5.03. The first-order valence-corrected chi connectivity index (χ1v) is 13.5. The molecule has 7 nitrogen and oxygen atoms in total. The highest BCUT2D eigenvalue weighted by atomic mass is 35.5. The van der Waals surface area contributed by atoms with Crippen LogP contribution in [0.2, 0.25) is 5.15 Å². The van der Waals surface area contributed by atoms with E-state index in [1.54, 1.807) is 10.5 Å². The Morgan fingerprint density at radius 3 is 2.51 bits per heavy atom. The van der Waals surface area contributed by atoms with E-state index in [4.69, 9.17) is 11.6 Å². The maximum Gasteiger partial charge on any atom is 0.255 e. The van der Waals surface area contributed by atoms with Gasteiger partial charge in [0.25, 0.3) is 5.91 Å². The lowest BCUT2D eigenvalue weighted by molar-refractivity contribution is 0.102. The van der Waals surface area contributed by atoms with Crippen molar-refractivity contribution in [3.63, 3.8) is 0 Å². The van der Waals surface area contributed by atoms with Crippen molar-refractivity contribution < 1.29 is 4.79 Å². The number of halogens is 1. The predicted molar refractivity (Wildman–Crippen MR) is 156 cm³/mol. The second kappa shape index (κ2) is 11.2. The largest absolute Gasteiger partial charge is 0.322 e. The lowest BCUT2D eigenvalue weighted by atomic mass is 9.82. The van der Waals surface area contributed by atoms with Gasteiger partial charge in [-0.3, -0.25) is 14.1 Å². The van der Waals surface area contributed by atoms with Gasteiger partial charge in [0, 0.05) is 49.5 Å².